The third-order valence-corrected chi connectivity index (χ3v) is 4.73. The SMILES string of the molecule is CC(C)CCOc1ccc(C(=O)NNC(=O)COc2ccc(-c3ccccc3)cc2)cc1. The number of amides is 2. The third kappa shape index (κ3) is 7.16. The molecular weight excluding hydrogens is 404 g/mol. The largest absolute Gasteiger partial charge is 0.494 e. The summed E-state index contributed by atoms with van der Waals surface area (Å²) in [6.45, 7) is 4.69. The first-order valence-corrected chi connectivity index (χ1v) is 10.6. The summed E-state index contributed by atoms with van der Waals surface area (Å²) < 4.78 is 11.1. The Hall–Kier alpha value is -3.80. The lowest BCUT2D eigenvalue weighted by Gasteiger charge is -2.10. The van der Waals surface area contributed by atoms with Crippen LogP contribution in [0.5, 0.6) is 11.5 Å². The van der Waals surface area contributed by atoms with Gasteiger partial charge >= 0.3 is 0 Å². The predicted molar refractivity (Wildman–Crippen MR) is 124 cm³/mol. The summed E-state index contributed by atoms with van der Waals surface area (Å²) >= 11 is 0. The van der Waals surface area contributed by atoms with Crippen LogP contribution in [0.25, 0.3) is 11.1 Å². The van der Waals surface area contributed by atoms with Gasteiger partial charge in [0.15, 0.2) is 6.61 Å². The molecular formula is C26H28N2O4. The summed E-state index contributed by atoms with van der Waals surface area (Å²) in [5.41, 5.74) is 7.32. The molecule has 3 aromatic rings. The zero-order valence-corrected chi connectivity index (χ0v) is 18.3. The average molecular weight is 433 g/mol. The van der Waals surface area contributed by atoms with Gasteiger partial charge in [0.05, 0.1) is 6.61 Å². The Morgan fingerprint density at radius 2 is 1.34 bits per heavy atom. The van der Waals surface area contributed by atoms with Crippen LogP contribution in [-0.4, -0.2) is 25.0 Å². The van der Waals surface area contributed by atoms with Gasteiger partial charge in [-0.15, -0.1) is 0 Å². The van der Waals surface area contributed by atoms with Crippen LogP contribution >= 0.6 is 0 Å². The number of hydrogen-bond donors (Lipinski definition) is 2. The first kappa shape index (κ1) is 22.9. The average Bonchev–Trinajstić information content (AvgIpc) is 2.82. The quantitative estimate of drug-likeness (QED) is 0.484. The van der Waals surface area contributed by atoms with Gasteiger partial charge in [-0.25, -0.2) is 0 Å². The summed E-state index contributed by atoms with van der Waals surface area (Å²) in [6.07, 6.45) is 0.966. The van der Waals surface area contributed by atoms with Crippen molar-refractivity contribution >= 4 is 11.8 Å². The Morgan fingerprint density at radius 1 is 0.750 bits per heavy atom. The van der Waals surface area contributed by atoms with Gasteiger partial charge in [0, 0.05) is 5.56 Å². The van der Waals surface area contributed by atoms with E-state index in [0.717, 1.165) is 17.5 Å². The fraction of sp³-hybridized carbons (Fsp3) is 0.231. The van der Waals surface area contributed by atoms with Crippen molar-refractivity contribution in [3.05, 3.63) is 84.4 Å². The molecule has 32 heavy (non-hydrogen) atoms. The Morgan fingerprint density at radius 3 is 2.00 bits per heavy atom. The molecule has 0 unspecified atom stereocenters. The molecule has 2 amide bonds. The van der Waals surface area contributed by atoms with Gasteiger partial charge < -0.3 is 9.47 Å². The molecule has 0 aliphatic carbocycles. The van der Waals surface area contributed by atoms with Gasteiger partial charge in [-0.2, -0.15) is 0 Å². The molecule has 0 fully saturated rings. The number of ether oxygens (including phenoxy) is 2. The molecule has 166 valence electrons. The Labute approximate surface area is 188 Å². The van der Waals surface area contributed by atoms with Gasteiger partial charge in [-0.3, -0.25) is 20.4 Å². The molecule has 0 aliphatic rings. The van der Waals surface area contributed by atoms with E-state index < -0.39 is 11.8 Å². The van der Waals surface area contributed by atoms with Crippen molar-refractivity contribution in [2.75, 3.05) is 13.2 Å². The van der Waals surface area contributed by atoms with Gasteiger partial charge in [0.2, 0.25) is 0 Å². The van der Waals surface area contributed by atoms with E-state index in [-0.39, 0.29) is 6.61 Å². The minimum absolute atomic E-state index is 0.215. The molecule has 6 nitrogen and oxygen atoms in total. The van der Waals surface area contributed by atoms with Crippen molar-refractivity contribution in [1.29, 1.82) is 0 Å². The lowest BCUT2D eigenvalue weighted by atomic mass is 10.1. The number of benzene rings is 3. The van der Waals surface area contributed by atoms with Crippen LogP contribution in [0.15, 0.2) is 78.9 Å². The van der Waals surface area contributed by atoms with Gasteiger partial charge in [0.1, 0.15) is 11.5 Å². The number of carbonyl (C=O) groups excluding carboxylic acids is 2. The van der Waals surface area contributed by atoms with Gasteiger partial charge in [0.25, 0.3) is 11.8 Å². The lowest BCUT2D eigenvalue weighted by molar-refractivity contribution is -0.123. The topological polar surface area (TPSA) is 76.7 Å². The van der Waals surface area contributed by atoms with E-state index in [1.165, 1.54) is 0 Å². The maximum Gasteiger partial charge on any atom is 0.276 e. The predicted octanol–water partition coefficient (Wildman–Crippen LogP) is 4.62. The normalized spacial score (nSPS) is 10.5. The lowest BCUT2D eigenvalue weighted by Crippen LogP contribution is -2.43. The van der Waals surface area contributed by atoms with E-state index in [0.29, 0.717) is 29.6 Å². The monoisotopic (exact) mass is 432 g/mol. The summed E-state index contributed by atoms with van der Waals surface area (Å²) in [4.78, 5) is 24.2. The van der Waals surface area contributed by atoms with Gasteiger partial charge in [-0.05, 0) is 59.9 Å². The van der Waals surface area contributed by atoms with Crippen LogP contribution < -0.4 is 20.3 Å². The van der Waals surface area contributed by atoms with E-state index in [1.807, 2.05) is 42.5 Å². The number of hydrazine groups is 1. The summed E-state index contributed by atoms with van der Waals surface area (Å²) in [5.74, 6) is 0.969. The van der Waals surface area contributed by atoms with Crippen molar-refractivity contribution in [2.45, 2.75) is 20.3 Å². The van der Waals surface area contributed by atoms with Crippen molar-refractivity contribution in [3.8, 4) is 22.6 Å². The standard InChI is InChI=1S/C26H28N2O4/c1-19(2)16-17-31-23-14-10-22(11-15-23)26(30)28-27-25(29)18-32-24-12-8-21(9-13-24)20-6-4-3-5-7-20/h3-15,19H,16-18H2,1-2H3,(H,27,29)(H,28,30). The molecule has 6 heteroatoms. The Kier molecular flexibility index (Phi) is 8.26. The van der Waals surface area contributed by atoms with Crippen molar-refractivity contribution in [3.63, 3.8) is 0 Å². The molecule has 2 N–H and O–H groups in total. The second kappa shape index (κ2) is 11.6. The van der Waals surface area contributed by atoms with Crippen LogP contribution in [0.3, 0.4) is 0 Å². The molecule has 0 aromatic heterocycles. The summed E-state index contributed by atoms with van der Waals surface area (Å²) in [5, 5.41) is 0. The maximum atomic E-state index is 12.2. The number of nitrogens with one attached hydrogen (secondary N) is 2. The number of carbonyl (C=O) groups is 2. The summed E-state index contributed by atoms with van der Waals surface area (Å²) in [6, 6.07) is 24.2. The Balaban J connectivity index is 1.40. The Bertz CT molecular complexity index is 1000. The van der Waals surface area contributed by atoms with E-state index in [4.69, 9.17) is 9.47 Å². The molecule has 0 bridgehead atoms. The van der Waals surface area contributed by atoms with Crippen LogP contribution in [0.4, 0.5) is 0 Å². The van der Waals surface area contributed by atoms with E-state index >= 15 is 0 Å². The minimum atomic E-state index is -0.459. The zero-order chi connectivity index (χ0) is 22.8. The highest BCUT2D eigenvalue weighted by Crippen LogP contribution is 2.22. The van der Waals surface area contributed by atoms with Crippen molar-refractivity contribution in [2.24, 2.45) is 5.92 Å². The van der Waals surface area contributed by atoms with Crippen molar-refractivity contribution in [1.82, 2.24) is 10.9 Å². The molecule has 0 spiro atoms. The molecule has 0 radical (unpaired) electrons. The molecule has 0 saturated carbocycles. The zero-order valence-electron chi connectivity index (χ0n) is 18.3. The van der Waals surface area contributed by atoms with E-state index in [2.05, 4.69) is 24.7 Å². The molecule has 0 atom stereocenters. The highest BCUT2D eigenvalue weighted by Gasteiger charge is 2.09. The molecule has 0 saturated heterocycles. The second-order valence-electron chi connectivity index (χ2n) is 7.74. The minimum Gasteiger partial charge on any atom is -0.494 e. The highest BCUT2D eigenvalue weighted by atomic mass is 16.5. The fourth-order valence-corrected chi connectivity index (χ4v) is 2.87. The van der Waals surface area contributed by atoms with E-state index in [1.54, 1.807) is 36.4 Å². The summed E-state index contributed by atoms with van der Waals surface area (Å²) in [7, 11) is 0. The van der Waals surface area contributed by atoms with Crippen LogP contribution in [-0.2, 0) is 4.79 Å². The smallest absolute Gasteiger partial charge is 0.276 e. The molecule has 0 heterocycles. The van der Waals surface area contributed by atoms with Gasteiger partial charge in [-0.1, -0.05) is 56.3 Å². The second-order valence-corrected chi connectivity index (χ2v) is 7.74. The van der Waals surface area contributed by atoms with Crippen LogP contribution in [0.2, 0.25) is 0 Å². The molecule has 3 rings (SSSR count). The van der Waals surface area contributed by atoms with Crippen LogP contribution in [0, 0.1) is 5.92 Å². The first-order chi connectivity index (χ1) is 15.5. The number of rotatable bonds is 9. The fourth-order valence-electron chi connectivity index (χ4n) is 2.87. The van der Waals surface area contributed by atoms with Crippen molar-refractivity contribution < 1.29 is 19.1 Å². The number of hydrogen-bond acceptors (Lipinski definition) is 4. The third-order valence-electron chi connectivity index (χ3n) is 4.73. The highest BCUT2D eigenvalue weighted by molar-refractivity contribution is 5.95. The maximum absolute atomic E-state index is 12.2. The first-order valence-electron chi connectivity index (χ1n) is 10.6. The molecule has 3 aromatic carbocycles. The van der Waals surface area contributed by atoms with E-state index in [9.17, 15) is 9.59 Å². The molecule has 0 aliphatic heterocycles. The van der Waals surface area contributed by atoms with Crippen LogP contribution in [0.1, 0.15) is 30.6 Å².